The largest absolute Gasteiger partial charge is 0.354 e. The van der Waals surface area contributed by atoms with Crippen molar-refractivity contribution in [3.05, 3.63) is 99.7 Å². The van der Waals surface area contributed by atoms with E-state index in [0.717, 1.165) is 61.2 Å². The van der Waals surface area contributed by atoms with Crippen LogP contribution < -0.4 is 15.5 Å². The van der Waals surface area contributed by atoms with Gasteiger partial charge in [0.25, 0.3) is 11.6 Å². The van der Waals surface area contributed by atoms with Crippen LogP contribution in [0.5, 0.6) is 0 Å². The Morgan fingerprint density at radius 3 is 2.36 bits per heavy atom. The lowest BCUT2D eigenvalue weighted by Crippen LogP contribution is -2.29. The minimum absolute atomic E-state index is 0.0642. The Kier molecular flexibility index (Phi) is 7.57. The van der Waals surface area contributed by atoms with Gasteiger partial charge in [0.05, 0.1) is 21.9 Å². The van der Waals surface area contributed by atoms with Gasteiger partial charge in [0.2, 0.25) is 5.95 Å². The van der Waals surface area contributed by atoms with Gasteiger partial charge in [0.1, 0.15) is 0 Å². The Bertz CT molecular complexity index is 1710. The minimum Gasteiger partial charge on any atom is -0.354 e. The van der Waals surface area contributed by atoms with Crippen LogP contribution in [0.15, 0.2) is 72.9 Å². The summed E-state index contributed by atoms with van der Waals surface area (Å²) < 4.78 is 0. The second-order valence-corrected chi connectivity index (χ2v) is 11.7. The molecule has 10 nitrogen and oxygen atoms in total. The van der Waals surface area contributed by atoms with Gasteiger partial charge < -0.3 is 20.5 Å². The number of aromatic amines is 1. The van der Waals surface area contributed by atoms with Crippen LogP contribution >= 0.6 is 0 Å². The number of hydrogen-bond acceptors (Lipinski definition) is 7. The summed E-state index contributed by atoms with van der Waals surface area (Å²) in [6, 6.07) is 20.7. The van der Waals surface area contributed by atoms with Crippen molar-refractivity contribution in [3.63, 3.8) is 0 Å². The number of nitrogens with one attached hydrogen (secondary N) is 3. The van der Waals surface area contributed by atoms with E-state index in [2.05, 4.69) is 37.6 Å². The molecule has 4 aromatic rings. The Morgan fingerprint density at radius 2 is 1.64 bits per heavy atom. The maximum Gasteiger partial charge on any atom is 0.270 e. The molecule has 1 amide bonds. The number of non-ortho nitro benzene ring substituents is 1. The fourth-order valence-electron chi connectivity index (χ4n) is 6.37. The average Bonchev–Trinajstić information content (AvgIpc) is 3.81. The first kappa shape index (κ1) is 27.8. The Balaban J connectivity index is 1.21. The maximum absolute atomic E-state index is 13.4. The fourth-order valence-corrected chi connectivity index (χ4v) is 6.37. The normalized spacial score (nSPS) is 17.8. The third-order valence-corrected chi connectivity index (χ3v) is 8.73. The number of imidazole rings is 1. The van der Waals surface area contributed by atoms with Gasteiger partial charge in [-0.3, -0.25) is 19.8 Å². The monoisotopic (exact) mass is 589 g/mol. The maximum atomic E-state index is 13.4. The van der Waals surface area contributed by atoms with Gasteiger partial charge in [-0.05, 0) is 68.1 Å². The highest BCUT2D eigenvalue weighted by molar-refractivity contribution is 6.37. The van der Waals surface area contributed by atoms with Crippen molar-refractivity contribution in [2.24, 2.45) is 0 Å². The Morgan fingerprint density at radius 1 is 0.909 bits per heavy atom. The van der Waals surface area contributed by atoms with E-state index in [0.29, 0.717) is 22.5 Å². The number of anilines is 3. The summed E-state index contributed by atoms with van der Waals surface area (Å²) in [5, 5.41) is 18.0. The molecular formula is C34H35N7O3. The number of hydrogen-bond donors (Lipinski definition) is 3. The van der Waals surface area contributed by atoms with Gasteiger partial charge in [-0.15, -0.1) is 0 Å². The molecule has 3 aromatic carbocycles. The molecule has 224 valence electrons. The summed E-state index contributed by atoms with van der Waals surface area (Å²) >= 11 is 0. The number of rotatable bonds is 8. The van der Waals surface area contributed by atoms with Crippen molar-refractivity contribution >= 4 is 40.2 Å². The number of nitro groups is 1. The van der Waals surface area contributed by atoms with Crippen molar-refractivity contribution in [2.75, 3.05) is 41.7 Å². The van der Waals surface area contributed by atoms with Gasteiger partial charge >= 0.3 is 0 Å². The first-order valence-corrected chi connectivity index (χ1v) is 15.4. The molecule has 10 heteroatoms. The van der Waals surface area contributed by atoms with E-state index in [1.165, 1.54) is 49.8 Å². The highest BCUT2D eigenvalue weighted by Gasteiger charge is 2.30. The molecule has 0 unspecified atom stereocenters. The summed E-state index contributed by atoms with van der Waals surface area (Å²) in [6.45, 7) is 5.16. The van der Waals surface area contributed by atoms with Crippen LogP contribution in [0.1, 0.15) is 48.8 Å². The second-order valence-electron chi connectivity index (χ2n) is 11.7. The zero-order valence-electron chi connectivity index (χ0n) is 24.5. The Hall–Kier alpha value is -4.96. The molecule has 3 aliphatic heterocycles. The topological polar surface area (TPSA) is 119 Å². The van der Waals surface area contributed by atoms with Gasteiger partial charge in [-0.2, -0.15) is 0 Å². The van der Waals surface area contributed by atoms with Gasteiger partial charge in [0.15, 0.2) is 0 Å². The molecule has 0 atom stereocenters. The van der Waals surface area contributed by atoms with E-state index in [-0.39, 0.29) is 11.6 Å². The summed E-state index contributed by atoms with van der Waals surface area (Å²) in [5.74, 6) is 0.596. The van der Waals surface area contributed by atoms with Gasteiger partial charge in [-0.25, -0.2) is 4.98 Å². The molecule has 3 N–H and O–H groups in total. The third-order valence-electron chi connectivity index (χ3n) is 8.73. The van der Waals surface area contributed by atoms with E-state index < -0.39 is 4.92 Å². The predicted octanol–water partition coefficient (Wildman–Crippen LogP) is 6.50. The molecule has 2 saturated heterocycles. The van der Waals surface area contributed by atoms with Crippen LogP contribution in [0.2, 0.25) is 0 Å². The lowest BCUT2D eigenvalue weighted by molar-refractivity contribution is -0.384. The number of likely N-dealkylation sites (tertiary alicyclic amines) is 1. The quantitative estimate of drug-likeness (QED) is 0.122. The number of H-pyrrole nitrogens is 1. The molecule has 0 radical (unpaired) electrons. The van der Waals surface area contributed by atoms with Crippen LogP contribution in [-0.2, 0) is 11.3 Å². The van der Waals surface area contributed by atoms with Gasteiger partial charge in [0, 0.05) is 60.5 Å². The molecule has 3 aliphatic rings. The minimum atomic E-state index is -0.438. The number of amides is 1. The number of nitrogens with zero attached hydrogens (tertiary/aromatic N) is 4. The van der Waals surface area contributed by atoms with E-state index in [9.17, 15) is 14.9 Å². The molecule has 2 fully saturated rings. The zero-order valence-corrected chi connectivity index (χ0v) is 24.5. The zero-order chi connectivity index (χ0) is 30.0. The molecule has 4 heterocycles. The van der Waals surface area contributed by atoms with Gasteiger partial charge in [-0.1, -0.05) is 42.8 Å². The Labute approximate surface area is 256 Å². The van der Waals surface area contributed by atoms with Crippen molar-refractivity contribution in [1.82, 2.24) is 14.9 Å². The second kappa shape index (κ2) is 12.0. The fraction of sp³-hybridized carbons (Fsp3) is 0.294. The first-order chi connectivity index (χ1) is 21.5. The van der Waals surface area contributed by atoms with E-state index in [1.54, 1.807) is 6.07 Å². The predicted molar refractivity (Wildman–Crippen MR) is 173 cm³/mol. The number of fused-ring (bicyclic) bond motifs is 1. The SMILES string of the molecule is O=C1Nc2ccc([N+](=O)[O-])cc2/C1=C(/Nc1ccc(-c2c[nH]c(N3CCCC3)n2)cc1)c1ccc(CN2CCCCC2)cc1. The van der Waals surface area contributed by atoms with Crippen molar-refractivity contribution in [2.45, 2.75) is 38.6 Å². The van der Waals surface area contributed by atoms with Crippen LogP contribution in [0.4, 0.5) is 23.0 Å². The summed E-state index contributed by atoms with van der Waals surface area (Å²) in [4.78, 5) is 37.4. The number of benzene rings is 3. The molecule has 0 saturated carbocycles. The number of nitro benzene ring substituents is 1. The molecule has 0 spiro atoms. The standard InChI is InChI=1S/C34H35N7O3/c42-33-31(28-20-27(41(43)44)14-15-29(28)37-33)32(25-8-6-23(7-9-25)22-39-16-2-1-3-17-39)36-26-12-10-24(11-13-26)30-21-35-34(38-30)40-18-4-5-19-40/h6-15,20-21,36H,1-5,16-19,22H2,(H,35,38)(H,37,42)/b32-31-. The highest BCUT2D eigenvalue weighted by Crippen LogP contribution is 2.39. The number of carbonyl (C=O) groups excluding carboxylic acids is 1. The smallest absolute Gasteiger partial charge is 0.270 e. The number of carbonyl (C=O) groups is 1. The molecule has 0 bridgehead atoms. The molecular weight excluding hydrogens is 554 g/mol. The summed E-state index contributed by atoms with van der Waals surface area (Å²) in [5.41, 5.74) is 6.64. The van der Waals surface area contributed by atoms with Crippen LogP contribution in [-0.4, -0.2) is 51.9 Å². The van der Waals surface area contributed by atoms with Crippen molar-refractivity contribution in [1.29, 1.82) is 0 Å². The van der Waals surface area contributed by atoms with Crippen molar-refractivity contribution < 1.29 is 9.72 Å². The summed E-state index contributed by atoms with van der Waals surface area (Å²) in [7, 11) is 0. The molecule has 7 rings (SSSR count). The van der Waals surface area contributed by atoms with Crippen LogP contribution in [0.25, 0.3) is 22.5 Å². The molecule has 0 aliphatic carbocycles. The van der Waals surface area contributed by atoms with E-state index in [4.69, 9.17) is 4.98 Å². The van der Waals surface area contributed by atoms with Crippen LogP contribution in [0, 0.1) is 10.1 Å². The molecule has 44 heavy (non-hydrogen) atoms. The highest BCUT2D eigenvalue weighted by atomic mass is 16.6. The third kappa shape index (κ3) is 5.68. The number of aromatic nitrogens is 2. The molecule has 1 aromatic heterocycles. The lowest BCUT2D eigenvalue weighted by Gasteiger charge is -2.26. The number of piperidine rings is 1. The van der Waals surface area contributed by atoms with Crippen LogP contribution in [0.3, 0.4) is 0 Å². The first-order valence-electron chi connectivity index (χ1n) is 15.4. The average molecular weight is 590 g/mol. The van der Waals surface area contributed by atoms with E-state index in [1.807, 2.05) is 42.6 Å². The lowest BCUT2D eigenvalue weighted by atomic mass is 9.98. The van der Waals surface area contributed by atoms with Crippen molar-refractivity contribution in [3.8, 4) is 11.3 Å². The summed E-state index contributed by atoms with van der Waals surface area (Å²) in [6.07, 6.45) is 8.06. The van der Waals surface area contributed by atoms with E-state index >= 15 is 0 Å².